The van der Waals surface area contributed by atoms with Crippen molar-refractivity contribution in [3.63, 3.8) is 0 Å². The summed E-state index contributed by atoms with van der Waals surface area (Å²) in [5, 5.41) is 2.09. The zero-order valence-corrected chi connectivity index (χ0v) is 12.7. The molecular weight excluding hydrogens is 293 g/mol. The van der Waals surface area contributed by atoms with Crippen LogP contribution < -0.4 is 0 Å². The Labute approximate surface area is 127 Å². The van der Waals surface area contributed by atoms with Gasteiger partial charge in [-0.05, 0) is 36.6 Å². The van der Waals surface area contributed by atoms with E-state index in [0.717, 1.165) is 0 Å². The van der Waals surface area contributed by atoms with Crippen molar-refractivity contribution in [2.24, 2.45) is 4.99 Å². The molecule has 112 valence electrons. The van der Waals surface area contributed by atoms with Crippen molar-refractivity contribution in [3.05, 3.63) is 47.1 Å². The van der Waals surface area contributed by atoms with Crippen LogP contribution in [0.1, 0.15) is 23.7 Å². The predicted molar refractivity (Wildman–Crippen MR) is 82.1 cm³/mol. The van der Waals surface area contributed by atoms with Crippen LogP contribution in [0, 0.1) is 5.82 Å². The molecule has 0 aliphatic rings. The molecule has 0 fully saturated rings. The number of esters is 1. The summed E-state index contributed by atoms with van der Waals surface area (Å²) in [6.45, 7) is 2.03. The topological polar surface area (TPSA) is 55.7 Å². The Morgan fingerprint density at radius 1 is 1.33 bits per heavy atom. The molecule has 1 aromatic rings. The Balaban J connectivity index is 2.56. The number of thioether (sulfide) groups is 1. The van der Waals surface area contributed by atoms with Crippen LogP contribution in [0.4, 0.5) is 4.39 Å². The van der Waals surface area contributed by atoms with Gasteiger partial charge in [0.2, 0.25) is 0 Å². The Hall–Kier alpha value is -1.95. The lowest BCUT2D eigenvalue weighted by molar-refractivity contribution is -0.137. The number of aliphatic imine (C=N–C) groups is 1. The highest BCUT2D eigenvalue weighted by Gasteiger charge is 2.10. The van der Waals surface area contributed by atoms with Crippen LogP contribution in [0.25, 0.3) is 0 Å². The third-order valence-corrected chi connectivity index (χ3v) is 3.29. The Kier molecular flexibility index (Phi) is 7.39. The van der Waals surface area contributed by atoms with Gasteiger partial charge in [-0.2, -0.15) is 0 Å². The number of rotatable bonds is 6. The van der Waals surface area contributed by atoms with E-state index >= 15 is 0 Å². The molecule has 0 saturated carbocycles. The van der Waals surface area contributed by atoms with E-state index in [1.807, 2.05) is 0 Å². The molecule has 1 rings (SSSR count). The second kappa shape index (κ2) is 9.07. The highest BCUT2D eigenvalue weighted by atomic mass is 32.2. The number of carbonyl (C=O) groups is 2. The van der Waals surface area contributed by atoms with Crippen LogP contribution in [-0.4, -0.2) is 30.5 Å². The minimum atomic E-state index is -0.440. The first-order valence-electron chi connectivity index (χ1n) is 6.31. The molecule has 0 saturated heterocycles. The van der Waals surface area contributed by atoms with Gasteiger partial charge in [0.15, 0.2) is 5.78 Å². The number of halogens is 1. The van der Waals surface area contributed by atoms with Gasteiger partial charge in [-0.15, -0.1) is 0 Å². The number of ether oxygens (including phenoxy) is 1. The van der Waals surface area contributed by atoms with Crippen molar-refractivity contribution in [3.8, 4) is 0 Å². The van der Waals surface area contributed by atoms with Crippen LogP contribution in [0.3, 0.4) is 0 Å². The maximum atomic E-state index is 12.8. The molecule has 1 aromatic carbocycles. The van der Waals surface area contributed by atoms with Crippen molar-refractivity contribution in [1.82, 2.24) is 0 Å². The second-order valence-corrected chi connectivity index (χ2v) is 4.88. The van der Waals surface area contributed by atoms with Gasteiger partial charge < -0.3 is 4.74 Å². The van der Waals surface area contributed by atoms with Crippen LogP contribution in [-0.2, 0) is 9.53 Å². The maximum absolute atomic E-state index is 12.8. The SMILES string of the molecule is CCOC(=O)/C=C/SC(CC(=O)c1ccc(F)cc1)=NC. The Morgan fingerprint density at radius 3 is 2.57 bits per heavy atom. The largest absolute Gasteiger partial charge is 0.463 e. The van der Waals surface area contributed by atoms with Crippen molar-refractivity contribution in [1.29, 1.82) is 0 Å². The molecule has 0 heterocycles. The van der Waals surface area contributed by atoms with Crippen molar-refractivity contribution >= 4 is 28.6 Å². The highest BCUT2D eigenvalue weighted by Crippen LogP contribution is 2.14. The lowest BCUT2D eigenvalue weighted by Crippen LogP contribution is -2.05. The van der Waals surface area contributed by atoms with E-state index in [1.165, 1.54) is 47.5 Å². The molecule has 0 unspecified atom stereocenters. The lowest BCUT2D eigenvalue weighted by Gasteiger charge is -2.02. The van der Waals surface area contributed by atoms with Crippen LogP contribution in [0.2, 0.25) is 0 Å². The number of hydrogen-bond acceptors (Lipinski definition) is 5. The van der Waals surface area contributed by atoms with Gasteiger partial charge in [0, 0.05) is 18.7 Å². The maximum Gasteiger partial charge on any atom is 0.331 e. The standard InChI is InChI=1S/C15H16FNO3S/c1-3-20-15(19)8-9-21-14(17-2)10-13(18)11-4-6-12(16)7-5-11/h4-9H,3,10H2,1-2H3/b9-8+,17-14?. The molecule has 0 aromatic heterocycles. The Morgan fingerprint density at radius 2 is 2.00 bits per heavy atom. The lowest BCUT2D eigenvalue weighted by atomic mass is 10.1. The van der Waals surface area contributed by atoms with Crippen molar-refractivity contribution in [2.75, 3.05) is 13.7 Å². The van der Waals surface area contributed by atoms with E-state index in [1.54, 1.807) is 14.0 Å². The number of ketones is 1. The number of benzene rings is 1. The number of hydrogen-bond donors (Lipinski definition) is 0. The average molecular weight is 309 g/mol. The Bertz CT molecular complexity index is 553. The zero-order valence-electron chi connectivity index (χ0n) is 11.8. The van der Waals surface area contributed by atoms with Crippen LogP contribution >= 0.6 is 11.8 Å². The van der Waals surface area contributed by atoms with Gasteiger partial charge in [0.05, 0.1) is 18.1 Å². The molecule has 0 bridgehead atoms. The minimum absolute atomic E-state index is 0.0972. The molecule has 0 amide bonds. The number of nitrogens with zero attached hydrogens (tertiary/aromatic N) is 1. The van der Waals surface area contributed by atoms with Gasteiger partial charge in [-0.1, -0.05) is 11.8 Å². The van der Waals surface area contributed by atoms with Crippen molar-refractivity contribution < 1.29 is 18.7 Å². The van der Waals surface area contributed by atoms with E-state index < -0.39 is 5.97 Å². The number of carbonyl (C=O) groups excluding carboxylic acids is 2. The molecule has 0 spiro atoms. The number of Topliss-reactive ketones (excluding diaryl/α,β-unsaturated/α-hetero) is 1. The molecule has 6 heteroatoms. The van der Waals surface area contributed by atoms with Gasteiger partial charge >= 0.3 is 5.97 Å². The van der Waals surface area contributed by atoms with E-state index in [-0.39, 0.29) is 18.0 Å². The zero-order chi connectivity index (χ0) is 15.7. The van der Waals surface area contributed by atoms with Gasteiger partial charge in [0.1, 0.15) is 5.82 Å². The molecule has 0 N–H and O–H groups in total. The van der Waals surface area contributed by atoms with Crippen molar-refractivity contribution in [2.45, 2.75) is 13.3 Å². The summed E-state index contributed by atoms with van der Waals surface area (Å²) in [6.07, 6.45) is 1.38. The minimum Gasteiger partial charge on any atom is -0.463 e. The summed E-state index contributed by atoms with van der Waals surface area (Å²) in [5.74, 6) is -0.986. The quantitative estimate of drug-likeness (QED) is 0.266. The fourth-order valence-corrected chi connectivity index (χ4v) is 2.06. The molecule has 0 atom stereocenters. The van der Waals surface area contributed by atoms with Gasteiger partial charge in [-0.3, -0.25) is 9.79 Å². The smallest absolute Gasteiger partial charge is 0.331 e. The second-order valence-electron chi connectivity index (χ2n) is 3.90. The van der Waals surface area contributed by atoms with E-state index in [0.29, 0.717) is 17.2 Å². The van der Waals surface area contributed by atoms with E-state index in [2.05, 4.69) is 4.99 Å². The summed E-state index contributed by atoms with van der Waals surface area (Å²) in [6, 6.07) is 5.35. The fourth-order valence-electron chi connectivity index (χ4n) is 1.41. The van der Waals surface area contributed by atoms with Crippen LogP contribution in [0.15, 0.2) is 40.7 Å². The summed E-state index contributed by atoms with van der Waals surface area (Å²) in [7, 11) is 1.57. The molecule has 4 nitrogen and oxygen atoms in total. The molecule has 0 aliphatic carbocycles. The van der Waals surface area contributed by atoms with E-state index in [4.69, 9.17) is 4.74 Å². The van der Waals surface area contributed by atoms with E-state index in [9.17, 15) is 14.0 Å². The van der Waals surface area contributed by atoms with Crippen LogP contribution in [0.5, 0.6) is 0 Å². The third kappa shape index (κ3) is 6.35. The highest BCUT2D eigenvalue weighted by molar-refractivity contribution is 8.16. The molecule has 21 heavy (non-hydrogen) atoms. The monoisotopic (exact) mass is 309 g/mol. The molecule has 0 radical (unpaired) electrons. The summed E-state index contributed by atoms with van der Waals surface area (Å²) in [5.41, 5.74) is 0.424. The first-order valence-corrected chi connectivity index (χ1v) is 7.19. The normalized spacial score (nSPS) is 11.7. The third-order valence-electron chi connectivity index (χ3n) is 2.42. The predicted octanol–water partition coefficient (Wildman–Crippen LogP) is 3.24. The summed E-state index contributed by atoms with van der Waals surface area (Å²) < 4.78 is 17.5. The summed E-state index contributed by atoms with van der Waals surface area (Å²) >= 11 is 1.18. The average Bonchev–Trinajstić information content (AvgIpc) is 2.47. The summed E-state index contributed by atoms with van der Waals surface area (Å²) in [4.78, 5) is 27.1. The fraction of sp³-hybridized carbons (Fsp3) is 0.267. The van der Waals surface area contributed by atoms with Gasteiger partial charge in [-0.25, -0.2) is 9.18 Å². The van der Waals surface area contributed by atoms with Gasteiger partial charge in [0.25, 0.3) is 0 Å². The molecular formula is C15H16FNO3S. The molecule has 0 aliphatic heterocycles. The first-order chi connectivity index (χ1) is 10.1. The first kappa shape index (κ1) is 17.1.